The van der Waals surface area contributed by atoms with Gasteiger partial charge in [0.1, 0.15) is 5.75 Å². The summed E-state index contributed by atoms with van der Waals surface area (Å²) >= 11 is 0. The summed E-state index contributed by atoms with van der Waals surface area (Å²) in [6.45, 7) is 8.43. The molecule has 3 N–H and O–H groups in total. The molecule has 0 fully saturated rings. The second-order valence-corrected chi connectivity index (χ2v) is 5.34. The summed E-state index contributed by atoms with van der Waals surface area (Å²) in [5.74, 6) is 0.807. The lowest BCUT2D eigenvalue weighted by Crippen LogP contribution is -2.34. The number of benzene rings is 1. The van der Waals surface area contributed by atoms with Crippen LogP contribution in [0.3, 0.4) is 0 Å². The van der Waals surface area contributed by atoms with Crippen LogP contribution in [0.15, 0.2) is 24.3 Å². The molecule has 1 amide bonds. The monoisotopic (exact) mass is 264 g/mol. The third-order valence-electron chi connectivity index (χ3n) is 2.92. The first-order valence-corrected chi connectivity index (χ1v) is 6.70. The fourth-order valence-corrected chi connectivity index (χ4v) is 1.44. The number of para-hydroxylation sites is 2. The number of carbonyl (C=O) groups excluding carboxylic acids is 1. The molecule has 0 saturated carbocycles. The Kier molecular flexibility index (Phi) is 5.83. The molecular weight excluding hydrogens is 240 g/mol. The van der Waals surface area contributed by atoms with Gasteiger partial charge >= 0.3 is 0 Å². The second-order valence-electron chi connectivity index (χ2n) is 5.34. The average Bonchev–Trinajstić information content (AvgIpc) is 2.36. The van der Waals surface area contributed by atoms with Crippen LogP contribution in [0, 0.1) is 11.8 Å². The predicted octanol–water partition coefficient (Wildman–Crippen LogP) is 2.64. The van der Waals surface area contributed by atoms with Crippen LogP contribution in [0.5, 0.6) is 5.75 Å². The van der Waals surface area contributed by atoms with Crippen molar-refractivity contribution in [1.82, 2.24) is 0 Å². The van der Waals surface area contributed by atoms with Crippen LogP contribution in [0.1, 0.15) is 27.7 Å². The van der Waals surface area contributed by atoms with Crippen molar-refractivity contribution in [3.8, 4) is 5.75 Å². The van der Waals surface area contributed by atoms with Gasteiger partial charge in [0.2, 0.25) is 5.91 Å². The maximum atomic E-state index is 12.0. The number of ether oxygens (including phenoxy) is 1. The molecule has 4 heteroatoms. The first-order valence-electron chi connectivity index (χ1n) is 6.70. The molecule has 1 aromatic rings. The maximum absolute atomic E-state index is 12.0. The predicted molar refractivity (Wildman–Crippen MR) is 78.2 cm³/mol. The number of nitrogens with two attached hydrogens (primary N) is 1. The van der Waals surface area contributed by atoms with E-state index < -0.39 is 0 Å². The highest BCUT2D eigenvalue weighted by atomic mass is 16.5. The minimum Gasteiger partial charge on any atom is -0.491 e. The molecule has 0 bridgehead atoms. The quantitative estimate of drug-likeness (QED) is 0.830. The van der Waals surface area contributed by atoms with E-state index in [1.54, 1.807) is 0 Å². The smallest absolute Gasteiger partial charge is 0.228 e. The van der Waals surface area contributed by atoms with E-state index in [4.69, 9.17) is 10.5 Å². The fraction of sp³-hybridized carbons (Fsp3) is 0.533. The highest BCUT2D eigenvalue weighted by Gasteiger charge is 2.18. The summed E-state index contributed by atoms with van der Waals surface area (Å²) in [6.07, 6.45) is 0. The second kappa shape index (κ2) is 7.14. The molecule has 0 saturated heterocycles. The third-order valence-corrected chi connectivity index (χ3v) is 2.92. The molecule has 0 radical (unpaired) electrons. The number of carbonyl (C=O) groups is 1. The lowest BCUT2D eigenvalue weighted by atomic mass is 10.0. The van der Waals surface area contributed by atoms with Gasteiger partial charge in [0.05, 0.1) is 18.2 Å². The molecule has 19 heavy (non-hydrogen) atoms. The van der Waals surface area contributed by atoms with Crippen molar-refractivity contribution in [3.05, 3.63) is 24.3 Å². The zero-order valence-corrected chi connectivity index (χ0v) is 12.1. The van der Waals surface area contributed by atoms with Gasteiger partial charge in [-0.05, 0) is 25.0 Å². The summed E-state index contributed by atoms with van der Waals surface area (Å²) in [6, 6.07) is 7.27. The Hall–Kier alpha value is -1.55. The van der Waals surface area contributed by atoms with Crippen molar-refractivity contribution in [1.29, 1.82) is 0 Å². The standard InChI is InChI=1S/C15H24N2O2/c1-10(2)9-19-14-8-6-5-7-13(14)17-15(18)11(3)12(4)16/h5-8,10-12H,9,16H2,1-4H3,(H,17,18). The van der Waals surface area contributed by atoms with Crippen LogP contribution in [-0.2, 0) is 4.79 Å². The minimum absolute atomic E-state index is 0.0874. The van der Waals surface area contributed by atoms with Crippen LogP contribution >= 0.6 is 0 Å². The molecule has 0 heterocycles. The molecule has 1 aromatic carbocycles. The summed E-state index contributed by atoms with van der Waals surface area (Å²) in [5, 5.41) is 2.87. The first kappa shape index (κ1) is 15.5. The molecule has 106 valence electrons. The molecule has 1 rings (SSSR count). The summed E-state index contributed by atoms with van der Waals surface area (Å²) < 4.78 is 5.69. The van der Waals surface area contributed by atoms with E-state index >= 15 is 0 Å². The SMILES string of the molecule is CC(C)COc1ccccc1NC(=O)C(C)C(C)N. The zero-order chi connectivity index (χ0) is 14.4. The van der Waals surface area contributed by atoms with E-state index in [2.05, 4.69) is 19.2 Å². The largest absolute Gasteiger partial charge is 0.491 e. The van der Waals surface area contributed by atoms with E-state index in [0.29, 0.717) is 24.0 Å². The lowest BCUT2D eigenvalue weighted by molar-refractivity contribution is -0.119. The topological polar surface area (TPSA) is 64.3 Å². The number of hydrogen-bond acceptors (Lipinski definition) is 3. The maximum Gasteiger partial charge on any atom is 0.228 e. The van der Waals surface area contributed by atoms with Crippen LogP contribution in [0.2, 0.25) is 0 Å². The number of hydrogen-bond donors (Lipinski definition) is 2. The van der Waals surface area contributed by atoms with E-state index in [-0.39, 0.29) is 17.9 Å². The Morgan fingerprint density at radius 2 is 1.89 bits per heavy atom. The molecular formula is C15H24N2O2. The summed E-state index contributed by atoms with van der Waals surface area (Å²) in [7, 11) is 0. The highest BCUT2D eigenvalue weighted by molar-refractivity contribution is 5.94. The summed E-state index contributed by atoms with van der Waals surface area (Å²) in [4.78, 5) is 12.0. The summed E-state index contributed by atoms with van der Waals surface area (Å²) in [5.41, 5.74) is 6.43. The highest BCUT2D eigenvalue weighted by Crippen LogP contribution is 2.25. The van der Waals surface area contributed by atoms with E-state index in [1.807, 2.05) is 38.1 Å². The van der Waals surface area contributed by atoms with Crippen molar-refractivity contribution in [2.24, 2.45) is 17.6 Å². The van der Waals surface area contributed by atoms with E-state index in [1.165, 1.54) is 0 Å². The van der Waals surface area contributed by atoms with Gasteiger partial charge in [-0.25, -0.2) is 0 Å². The number of rotatable bonds is 6. The lowest BCUT2D eigenvalue weighted by Gasteiger charge is -2.18. The van der Waals surface area contributed by atoms with Crippen molar-refractivity contribution in [3.63, 3.8) is 0 Å². The van der Waals surface area contributed by atoms with Gasteiger partial charge in [0, 0.05) is 6.04 Å². The molecule has 0 aliphatic heterocycles. The van der Waals surface area contributed by atoms with Gasteiger partial charge < -0.3 is 15.8 Å². The van der Waals surface area contributed by atoms with Gasteiger partial charge in [-0.15, -0.1) is 0 Å². The number of anilines is 1. The van der Waals surface area contributed by atoms with Crippen molar-refractivity contribution >= 4 is 11.6 Å². The average molecular weight is 264 g/mol. The molecule has 0 aliphatic carbocycles. The van der Waals surface area contributed by atoms with Crippen molar-refractivity contribution in [2.45, 2.75) is 33.7 Å². The van der Waals surface area contributed by atoms with Gasteiger partial charge in [-0.2, -0.15) is 0 Å². The van der Waals surface area contributed by atoms with Gasteiger partial charge in [-0.1, -0.05) is 32.9 Å². The Morgan fingerprint density at radius 1 is 1.26 bits per heavy atom. The fourth-order valence-electron chi connectivity index (χ4n) is 1.44. The first-order chi connectivity index (χ1) is 8.91. The molecule has 2 atom stereocenters. The minimum atomic E-state index is -0.238. The number of nitrogens with one attached hydrogen (secondary N) is 1. The Morgan fingerprint density at radius 3 is 2.47 bits per heavy atom. The van der Waals surface area contributed by atoms with Crippen LogP contribution in [-0.4, -0.2) is 18.6 Å². The zero-order valence-electron chi connectivity index (χ0n) is 12.1. The van der Waals surface area contributed by atoms with Crippen molar-refractivity contribution in [2.75, 3.05) is 11.9 Å². The number of amides is 1. The molecule has 2 unspecified atom stereocenters. The van der Waals surface area contributed by atoms with E-state index in [0.717, 1.165) is 0 Å². The Balaban J connectivity index is 2.75. The van der Waals surface area contributed by atoms with Gasteiger partial charge in [-0.3, -0.25) is 4.79 Å². The van der Waals surface area contributed by atoms with Gasteiger partial charge in [0.15, 0.2) is 0 Å². The Labute approximate surface area is 115 Å². The van der Waals surface area contributed by atoms with Gasteiger partial charge in [0.25, 0.3) is 0 Å². The van der Waals surface area contributed by atoms with Crippen LogP contribution < -0.4 is 15.8 Å². The molecule has 0 aromatic heterocycles. The molecule has 0 spiro atoms. The Bertz CT molecular complexity index is 416. The molecule has 4 nitrogen and oxygen atoms in total. The molecule has 0 aliphatic rings. The van der Waals surface area contributed by atoms with E-state index in [9.17, 15) is 4.79 Å². The van der Waals surface area contributed by atoms with Crippen LogP contribution in [0.25, 0.3) is 0 Å². The third kappa shape index (κ3) is 4.91. The van der Waals surface area contributed by atoms with Crippen molar-refractivity contribution < 1.29 is 9.53 Å². The normalized spacial score (nSPS) is 14.0. The van der Waals surface area contributed by atoms with Crippen LogP contribution in [0.4, 0.5) is 5.69 Å².